The molecule has 0 bridgehead atoms. The van der Waals surface area contributed by atoms with Crippen LogP contribution in [0.5, 0.6) is 5.75 Å². The van der Waals surface area contributed by atoms with E-state index in [0.717, 1.165) is 0 Å². The summed E-state index contributed by atoms with van der Waals surface area (Å²) in [6, 6.07) is 14.7. The van der Waals surface area contributed by atoms with E-state index >= 15 is 0 Å². The molecular formula is C18H12Cl2N2O3. The van der Waals surface area contributed by atoms with Crippen LogP contribution in [0.3, 0.4) is 0 Å². The summed E-state index contributed by atoms with van der Waals surface area (Å²) in [4.78, 5) is 24.3. The highest BCUT2D eigenvalue weighted by molar-refractivity contribution is 6.47. The van der Waals surface area contributed by atoms with Crippen molar-refractivity contribution in [3.63, 3.8) is 0 Å². The number of amides is 2. The lowest BCUT2D eigenvalue weighted by molar-refractivity contribution is -0.132. The Hall–Kier alpha value is -2.76. The van der Waals surface area contributed by atoms with Crippen LogP contribution in [0.25, 0.3) is 10.8 Å². The number of phenolic OH excluding ortho intramolecular Hbond substituents is 1. The van der Waals surface area contributed by atoms with E-state index in [1.807, 2.05) is 0 Å². The van der Waals surface area contributed by atoms with E-state index in [4.69, 9.17) is 23.2 Å². The van der Waals surface area contributed by atoms with Gasteiger partial charge in [0.25, 0.3) is 0 Å². The summed E-state index contributed by atoms with van der Waals surface area (Å²) < 4.78 is 0. The first-order valence-corrected chi connectivity index (χ1v) is 8.00. The van der Waals surface area contributed by atoms with Gasteiger partial charge in [0.05, 0.1) is 15.7 Å². The highest BCUT2D eigenvalue weighted by atomic mass is 35.5. The number of fused-ring (bicyclic) bond motifs is 1. The zero-order chi connectivity index (χ0) is 18.0. The lowest BCUT2D eigenvalue weighted by atomic mass is 10.1. The Morgan fingerprint density at radius 3 is 2.08 bits per heavy atom. The summed E-state index contributed by atoms with van der Waals surface area (Å²) in [6.07, 6.45) is 0. The summed E-state index contributed by atoms with van der Waals surface area (Å²) in [7, 11) is 0. The van der Waals surface area contributed by atoms with Gasteiger partial charge in [-0.2, -0.15) is 0 Å². The SMILES string of the molecule is O=C(Nc1cccc(Cl)c1Cl)C(=O)Nc1cccc2c(O)cccc12. The normalized spacial score (nSPS) is 10.5. The average Bonchev–Trinajstić information content (AvgIpc) is 2.60. The standard InChI is InChI=1S/C18H12Cl2N2O3/c19-12-6-3-8-14(16(12)20)22-18(25)17(24)21-13-7-1-5-11-10(13)4-2-9-15(11)23/h1-9,23H,(H,21,24)(H,22,25). The number of hydrogen-bond acceptors (Lipinski definition) is 3. The molecule has 3 rings (SSSR count). The smallest absolute Gasteiger partial charge is 0.314 e. The Kier molecular flexibility index (Phi) is 4.79. The van der Waals surface area contributed by atoms with E-state index in [-0.39, 0.29) is 21.5 Å². The first-order chi connectivity index (χ1) is 12.0. The van der Waals surface area contributed by atoms with Gasteiger partial charge in [0.15, 0.2) is 0 Å². The second kappa shape index (κ2) is 7.01. The number of rotatable bonds is 2. The van der Waals surface area contributed by atoms with Gasteiger partial charge in [-0.1, -0.05) is 53.5 Å². The van der Waals surface area contributed by atoms with Gasteiger partial charge >= 0.3 is 11.8 Å². The lowest BCUT2D eigenvalue weighted by Gasteiger charge is -2.11. The summed E-state index contributed by atoms with van der Waals surface area (Å²) >= 11 is 11.9. The molecule has 3 N–H and O–H groups in total. The summed E-state index contributed by atoms with van der Waals surface area (Å²) in [5.41, 5.74) is 0.649. The fourth-order valence-corrected chi connectivity index (χ4v) is 2.71. The van der Waals surface area contributed by atoms with Crippen molar-refractivity contribution in [3.8, 4) is 5.75 Å². The molecule has 0 aliphatic heterocycles. The summed E-state index contributed by atoms with van der Waals surface area (Å²) in [6.45, 7) is 0. The minimum absolute atomic E-state index is 0.0868. The van der Waals surface area contributed by atoms with Crippen molar-refractivity contribution in [1.82, 2.24) is 0 Å². The monoisotopic (exact) mass is 374 g/mol. The molecular weight excluding hydrogens is 363 g/mol. The van der Waals surface area contributed by atoms with Gasteiger partial charge in [-0.3, -0.25) is 9.59 Å². The molecule has 0 aromatic heterocycles. The van der Waals surface area contributed by atoms with Crippen LogP contribution in [0.2, 0.25) is 10.0 Å². The van der Waals surface area contributed by atoms with Gasteiger partial charge < -0.3 is 15.7 Å². The van der Waals surface area contributed by atoms with E-state index in [9.17, 15) is 14.7 Å². The maximum Gasteiger partial charge on any atom is 0.314 e. The largest absolute Gasteiger partial charge is 0.507 e. The van der Waals surface area contributed by atoms with Crippen molar-refractivity contribution in [2.75, 3.05) is 10.6 Å². The molecule has 0 atom stereocenters. The lowest BCUT2D eigenvalue weighted by Crippen LogP contribution is -2.29. The molecule has 0 aliphatic carbocycles. The molecule has 0 heterocycles. The van der Waals surface area contributed by atoms with Gasteiger partial charge in [0.2, 0.25) is 0 Å². The molecule has 5 nitrogen and oxygen atoms in total. The van der Waals surface area contributed by atoms with E-state index < -0.39 is 11.8 Å². The van der Waals surface area contributed by atoms with Crippen molar-refractivity contribution in [3.05, 3.63) is 64.6 Å². The third-order valence-electron chi connectivity index (χ3n) is 3.55. The molecule has 0 saturated heterocycles. The van der Waals surface area contributed by atoms with E-state index in [1.54, 1.807) is 48.5 Å². The minimum atomic E-state index is -0.888. The van der Waals surface area contributed by atoms with Crippen LogP contribution in [0, 0.1) is 0 Å². The molecule has 3 aromatic rings. The highest BCUT2D eigenvalue weighted by Crippen LogP contribution is 2.31. The predicted molar refractivity (Wildman–Crippen MR) is 99.3 cm³/mol. The number of hydrogen-bond donors (Lipinski definition) is 3. The zero-order valence-corrected chi connectivity index (χ0v) is 14.2. The Morgan fingerprint density at radius 1 is 0.760 bits per heavy atom. The third-order valence-corrected chi connectivity index (χ3v) is 4.37. The van der Waals surface area contributed by atoms with Crippen molar-refractivity contribution in [2.45, 2.75) is 0 Å². The predicted octanol–water partition coefficient (Wildman–Crippen LogP) is 4.43. The van der Waals surface area contributed by atoms with E-state index in [1.165, 1.54) is 6.07 Å². The number of nitrogens with one attached hydrogen (secondary N) is 2. The van der Waals surface area contributed by atoms with Crippen LogP contribution in [0.1, 0.15) is 0 Å². The van der Waals surface area contributed by atoms with Crippen molar-refractivity contribution in [2.24, 2.45) is 0 Å². The van der Waals surface area contributed by atoms with Gasteiger partial charge in [-0.05, 0) is 24.3 Å². The third kappa shape index (κ3) is 3.52. The average molecular weight is 375 g/mol. The zero-order valence-electron chi connectivity index (χ0n) is 12.7. The van der Waals surface area contributed by atoms with Crippen LogP contribution in [-0.2, 0) is 9.59 Å². The van der Waals surface area contributed by atoms with Crippen LogP contribution in [0.15, 0.2) is 54.6 Å². The molecule has 0 saturated carbocycles. The first kappa shape index (κ1) is 17.1. The number of carbonyl (C=O) groups is 2. The number of halogens is 2. The molecule has 0 unspecified atom stereocenters. The molecule has 0 fully saturated rings. The fraction of sp³-hybridized carbons (Fsp3) is 0. The Bertz CT molecular complexity index is 989. The van der Waals surface area contributed by atoms with Crippen LogP contribution in [0.4, 0.5) is 11.4 Å². The summed E-state index contributed by atoms with van der Waals surface area (Å²) in [5.74, 6) is -1.67. The molecule has 126 valence electrons. The second-order valence-electron chi connectivity index (χ2n) is 5.19. The maximum absolute atomic E-state index is 12.2. The molecule has 3 aromatic carbocycles. The number of phenols is 1. The van der Waals surface area contributed by atoms with Gasteiger partial charge in [-0.25, -0.2) is 0 Å². The quantitative estimate of drug-likeness (QED) is 0.580. The number of carbonyl (C=O) groups excluding carboxylic acids is 2. The maximum atomic E-state index is 12.2. The van der Waals surface area contributed by atoms with Crippen molar-refractivity contribution >= 4 is 57.2 Å². The molecule has 0 spiro atoms. The fourth-order valence-electron chi connectivity index (χ4n) is 2.36. The number of aromatic hydroxyl groups is 1. The molecule has 25 heavy (non-hydrogen) atoms. The highest BCUT2D eigenvalue weighted by Gasteiger charge is 2.17. The Labute approximate surface area is 153 Å². The van der Waals surface area contributed by atoms with Gasteiger partial charge in [-0.15, -0.1) is 0 Å². The second-order valence-corrected chi connectivity index (χ2v) is 5.97. The topological polar surface area (TPSA) is 78.4 Å². The number of benzene rings is 3. The van der Waals surface area contributed by atoms with Gasteiger partial charge in [0, 0.05) is 16.5 Å². The van der Waals surface area contributed by atoms with Crippen molar-refractivity contribution in [1.29, 1.82) is 0 Å². The van der Waals surface area contributed by atoms with E-state index in [2.05, 4.69) is 10.6 Å². The molecule has 2 amide bonds. The van der Waals surface area contributed by atoms with Crippen LogP contribution >= 0.6 is 23.2 Å². The van der Waals surface area contributed by atoms with Crippen molar-refractivity contribution < 1.29 is 14.7 Å². The molecule has 0 aliphatic rings. The Morgan fingerprint density at radius 2 is 1.32 bits per heavy atom. The van der Waals surface area contributed by atoms with Crippen LogP contribution in [-0.4, -0.2) is 16.9 Å². The van der Waals surface area contributed by atoms with Gasteiger partial charge in [0.1, 0.15) is 5.75 Å². The molecule has 7 heteroatoms. The minimum Gasteiger partial charge on any atom is -0.507 e. The van der Waals surface area contributed by atoms with E-state index in [0.29, 0.717) is 16.5 Å². The first-order valence-electron chi connectivity index (χ1n) is 7.24. The number of anilines is 2. The summed E-state index contributed by atoms with van der Waals surface area (Å²) in [5, 5.41) is 16.4. The molecule has 0 radical (unpaired) electrons. The Balaban J connectivity index is 1.82. The van der Waals surface area contributed by atoms with Crippen LogP contribution < -0.4 is 10.6 Å².